The first-order valence-electron chi connectivity index (χ1n) is 9.12. The van der Waals surface area contributed by atoms with Gasteiger partial charge in [0.25, 0.3) is 0 Å². The molecule has 3 rings (SSSR count). The Kier molecular flexibility index (Phi) is 5.57. The molecule has 1 aliphatic rings. The Morgan fingerprint density at radius 1 is 1.16 bits per heavy atom. The average Bonchev–Trinajstić information content (AvgIpc) is 3.09. The number of hydrogen-bond acceptors (Lipinski definition) is 4. The van der Waals surface area contributed by atoms with Crippen molar-refractivity contribution in [2.45, 2.75) is 52.0 Å². The standard InChI is InChI=1S/C20H30N4O/c1-16-12-24(13-17(2)25-16)20(3,4)14-22-11-18-5-7-19(8-6-18)23-10-9-21-15-23/h5-10,15-17,22H,11-14H2,1-4H3. The molecule has 1 aromatic carbocycles. The maximum atomic E-state index is 5.86. The molecule has 2 heterocycles. The summed E-state index contributed by atoms with van der Waals surface area (Å²) in [6.07, 6.45) is 6.18. The minimum atomic E-state index is 0.114. The van der Waals surface area contributed by atoms with Crippen LogP contribution in [0.25, 0.3) is 5.69 Å². The van der Waals surface area contributed by atoms with E-state index in [0.717, 1.165) is 31.9 Å². The molecule has 25 heavy (non-hydrogen) atoms. The van der Waals surface area contributed by atoms with Crippen LogP contribution in [-0.2, 0) is 11.3 Å². The SMILES string of the molecule is CC1CN(C(C)(C)CNCc2ccc(-n3ccnc3)cc2)CC(C)O1. The zero-order valence-corrected chi connectivity index (χ0v) is 15.8. The highest BCUT2D eigenvalue weighted by atomic mass is 16.5. The number of morpholine rings is 1. The van der Waals surface area contributed by atoms with Crippen molar-refractivity contribution in [3.8, 4) is 5.69 Å². The number of nitrogens with zero attached hydrogens (tertiary/aromatic N) is 3. The second kappa shape index (κ2) is 7.68. The van der Waals surface area contributed by atoms with Crippen LogP contribution in [0.2, 0.25) is 0 Å². The molecule has 0 radical (unpaired) electrons. The second-order valence-electron chi connectivity index (χ2n) is 7.71. The maximum Gasteiger partial charge on any atom is 0.0991 e. The number of imidazole rings is 1. The van der Waals surface area contributed by atoms with Crippen LogP contribution in [0.15, 0.2) is 43.0 Å². The van der Waals surface area contributed by atoms with Crippen LogP contribution in [0.3, 0.4) is 0 Å². The van der Waals surface area contributed by atoms with Crippen LogP contribution in [0.4, 0.5) is 0 Å². The summed E-state index contributed by atoms with van der Waals surface area (Å²) in [5.41, 5.74) is 2.55. The van der Waals surface area contributed by atoms with Gasteiger partial charge in [-0.15, -0.1) is 0 Å². The Morgan fingerprint density at radius 2 is 1.84 bits per heavy atom. The number of rotatable bonds is 6. The van der Waals surface area contributed by atoms with Gasteiger partial charge in [-0.1, -0.05) is 12.1 Å². The van der Waals surface area contributed by atoms with Gasteiger partial charge in [0.15, 0.2) is 0 Å². The predicted molar refractivity (Wildman–Crippen MR) is 101 cm³/mol. The van der Waals surface area contributed by atoms with E-state index < -0.39 is 0 Å². The monoisotopic (exact) mass is 342 g/mol. The second-order valence-corrected chi connectivity index (χ2v) is 7.71. The molecule has 0 amide bonds. The normalized spacial score (nSPS) is 22.2. The zero-order chi connectivity index (χ0) is 17.9. The van der Waals surface area contributed by atoms with E-state index in [-0.39, 0.29) is 5.54 Å². The molecule has 1 aromatic heterocycles. The molecule has 1 saturated heterocycles. The molecule has 0 spiro atoms. The van der Waals surface area contributed by atoms with Crippen molar-refractivity contribution < 1.29 is 4.74 Å². The summed E-state index contributed by atoms with van der Waals surface area (Å²) in [6, 6.07) is 8.62. The van der Waals surface area contributed by atoms with Gasteiger partial charge in [0.05, 0.1) is 18.5 Å². The van der Waals surface area contributed by atoms with Crippen molar-refractivity contribution in [3.63, 3.8) is 0 Å². The van der Waals surface area contributed by atoms with Gasteiger partial charge < -0.3 is 14.6 Å². The van der Waals surface area contributed by atoms with Crippen molar-refractivity contribution in [1.82, 2.24) is 19.8 Å². The van der Waals surface area contributed by atoms with E-state index in [0.29, 0.717) is 12.2 Å². The number of aromatic nitrogens is 2. The highest BCUT2D eigenvalue weighted by Crippen LogP contribution is 2.20. The molecule has 0 bridgehead atoms. The molecular weight excluding hydrogens is 312 g/mol. The van der Waals surface area contributed by atoms with E-state index in [1.807, 2.05) is 17.1 Å². The zero-order valence-electron chi connectivity index (χ0n) is 15.8. The highest BCUT2D eigenvalue weighted by Gasteiger charge is 2.32. The van der Waals surface area contributed by atoms with Gasteiger partial charge >= 0.3 is 0 Å². The molecule has 1 N–H and O–H groups in total. The maximum absolute atomic E-state index is 5.86. The van der Waals surface area contributed by atoms with Gasteiger partial charge in [-0.3, -0.25) is 4.90 Å². The van der Waals surface area contributed by atoms with E-state index in [9.17, 15) is 0 Å². The van der Waals surface area contributed by atoms with Crippen molar-refractivity contribution in [3.05, 3.63) is 48.5 Å². The van der Waals surface area contributed by atoms with Crippen molar-refractivity contribution in [2.75, 3.05) is 19.6 Å². The molecule has 5 nitrogen and oxygen atoms in total. The third-order valence-electron chi connectivity index (χ3n) is 4.90. The number of benzene rings is 1. The van der Waals surface area contributed by atoms with Gasteiger partial charge in [0.1, 0.15) is 0 Å². The van der Waals surface area contributed by atoms with E-state index in [4.69, 9.17) is 4.74 Å². The lowest BCUT2D eigenvalue weighted by Gasteiger charge is -2.45. The first-order chi connectivity index (χ1) is 11.9. The Morgan fingerprint density at radius 3 is 2.44 bits per heavy atom. The molecule has 0 aliphatic carbocycles. The summed E-state index contributed by atoms with van der Waals surface area (Å²) in [5.74, 6) is 0. The molecule has 2 unspecified atom stereocenters. The molecule has 2 atom stereocenters. The van der Waals surface area contributed by atoms with Gasteiger partial charge in [-0.25, -0.2) is 4.98 Å². The van der Waals surface area contributed by atoms with Crippen molar-refractivity contribution in [2.24, 2.45) is 0 Å². The van der Waals surface area contributed by atoms with Crippen molar-refractivity contribution >= 4 is 0 Å². The summed E-state index contributed by atoms with van der Waals surface area (Å²) in [7, 11) is 0. The summed E-state index contributed by atoms with van der Waals surface area (Å²) in [5, 5.41) is 3.62. The van der Waals surface area contributed by atoms with Gasteiger partial charge in [-0.2, -0.15) is 0 Å². The van der Waals surface area contributed by atoms with Crippen LogP contribution in [-0.4, -0.2) is 51.8 Å². The Labute approximate surface area is 151 Å². The van der Waals surface area contributed by atoms with Gasteiger partial charge in [-0.05, 0) is 45.4 Å². The van der Waals surface area contributed by atoms with Gasteiger partial charge in [0, 0.05) is 49.8 Å². The van der Waals surface area contributed by atoms with E-state index in [2.05, 4.69) is 67.2 Å². The fourth-order valence-electron chi connectivity index (χ4n) is 3.49. The molecule has 5 heteroatoms. The van der Waals surface area contributed by atoms with Crippen LogP contribution >= 0.6 is 0 Å². The highest BCUT2D eigenvalue weighted by molar-refractivity contribution is 5.34. The largest absolute Gasteiger partial charge is 0.373 e. The van der Waals surface area contributed by atoms with Gasteiger partial charge in [0.2, 0.25) is 0 Å². The van der Waals surface area contributed by atoms with E-state index in [1.54, 1.807) is 6.20 Å². The van der Waals surface area contributed by atoms with E-state index >= 15 is 0 Å². The fraction of sp³-hybridized carbons (Fsp3) is 0.550. The lowest BCUT2D eigenvalue weighted by atomic mass is 10.00. The number of nitrogens with one attached hydrogen (secondary N) is 1. The van der Waals surface area contributed by atoms with Crippen LogP contribution in [0.1, 0.15) is 33.3 Å². The topological polar surface area (TPSA) is 42.3 Å². The summed E-state index contributed by atoms with van der Waals surface area (Å²) in [4.78, 5) is 6.63. The number of hydrogen-bond donors (Lipinski definition) is 1. The first kappa shape index (κ1) is 18.1. The fourth-order valence-corrected chi connectivity index (χ4v) is 3.49. The third-order valence-corrected chi connectivity index (χ3v) is 4.90. The molecule has 2 aromatic rings. The molecular formula is C20H30N4O. The van der Waals surface area contributed by atoms with Crippen LogP contribution < -0.4 is 5.32 Å². The molecule has 1 fully saturated rings. The lowest BCUT2D eigenvalue weighted by Crippen LogP contribution is -2.58. The summed E-state index contributed by atoms with van der Waals surface area (Å²) in [6.45, 7) is 12.8. The quantitative estimate of drug-likeness (QED) is 0.877. The van der Waals surface area contributed by atoms with Crippen LogP contribution in [0, 0.1) is 0 Å². The Balaban J connectivity index is 1.51. The smallest absolute Gasteiger partial charge is 0.0991 e. The minimum absolute atomic E-state index is 0.114. The lowest BCUT2D eigenvalue weighted by molar-refractivity contribution is -0.0952. The van der Waals surface area contributed by atoms with E-state index in [1.165, 1.54) is 5.56 Å². The average molecular weight is 342 g/mol. The predicted octanol–water partition coefficient (Wildman–Crippen LogP) is 2.85. The summed E-state index contributed by atoms with van der Waals surface area (Å²) >= 11 is 0. The third kappa shape index (κ3) is 4.69. The van der Waals surface area contributed by atoms with Crippen molar-refractivity contribution in [1.29, 1.82) is 0 Å². The Hall–Kier alpha value is -1.69. The molecule has 136 valence electrons. The Bertz CT molecular complexity index is 641. The molecule has 1 aliphatic heterocycles. The minimum Gasteiger partial charge on any atom is -0.373 e. The van der Waals surface area contributed by atoms with Crippen LogP contribution in [0.5, 0.6) is 0 Å². The number of ether oxygens (including phenoxy) is 1. The summed E-state index contributed by atoms with van der Waals surface area (Å²) < 4.78 is 7.87. The molecule has 0 saturated carbocycles. The first-order valence-corrected chi connectivity index (χ1v) is 9.12.